The Morgan fingerprint density at radius 3 is 2.87 bits per heavy atom. The number of para-hydroxylation sites is 1. The second-order valence-electron chi connectivity index (χ2n) is 2.89. The molecule has 0 aliphatic carbocycles. The van der Waals surface area contributed by atoms with E-state index in [1.807, 2.05) is 0 Å². The first-order valence-electron chi connectivity index (χ1n) is 4.25. The minimum absolute atomic E-state index is 0.0815. The fourth-order valence-corrected chi connectivity index (χ4v) is 1.75. The van der Waals surface area contributed by atoms with E-state index in [-0.39, 0.29) is 11.7 Å². The van der Waals surface area contributed by atoms with Gasteiger partial charge in [-0.25, -0.2) is 0 Å². The first-order valence-corrected chi connectivity index (χ1v) is 5.08. The molecule has 0 spiro atoms. The predicted molar refractivity (Wildman–Crippen MR) is 57.4 cm³/mol. The van der Waals surface area contributed by atoms with Crippen molar-refractivity contribution >= 4 is 17.6 Å². The molecule has 0 fully saturated rings. The maximum Gasteiger partial charge on any atom is 0.275 e. The van der Waals surface area contributed by atoms with E-state index in [2.05, 4.69) is 9.63 Å². The van der Waals surface area contributed by atoms with Crippen molar-refractivity contribution in [1.29, 1.82) is 0 Å². The van der Waals surface area contributed by atoms with Gasteiger partial charge in [0.05, 0.1) is 10.5 Å². The molecule has 15 heavy (non-hydrogen) atoms. The first kappa shape index (κ1) is 9.85. The molecule has 1 unspecified atom stereocenters. The fourth-order valence-electron chi connectivity index (χ4n) is 1.32. The van der Waals surface area contributed by atoms with Crippen molar-refractivity contribution in [2.75, 3.05) is 0 Å². The molecule has 1 atom stereocenters. The van der Waals surface area contributed by atoms with Crippen molar-refractivity contribution < 1.29 is 4.92 Å². The van der Waals surface area contributed by atoms with Gasteiger partial charge in [-0.05, 0) is 17.6 Å². The van der Waals surface area contributed by atoms with E-state index in [9.17, 15) is 10.1 Å². The van der Waals surface area contributed by atoms with Crippen LogP contribution in [0.4, 0.5) is 5.69 Å². The lowest BCUT2D eigenvalue weighted by Gasteiger charge is -2.08. The Labute approximate surface area is 90.2 Å². The van der Waals surface area contributed by atoms with Crippen LogP contribution >= 0.6 is 11.9 Å². The molecule has 0 aromatic heterocycles. The maximum atomic E-state index is 10.8. The number of rotatable bonds is 2. The highest BCUT2D eigenvalue weighted by Gasteiger charge is 2.20. The Morgan fingerprint density at radius 1 is 1.40 bits per heavy atom. The van der Waals surface area contributed by atoms with Crippen LogP contribution in [-0.2, 0) is 0 Å². The summed E-state index contributed by atoms with van der Waals surface area (Å²) in [4.78, 5) is 10.4. The Hall–Kier alpha value is -1.69. The lowest BCUT2D eigenvalue weighted by molar-refractivity contribution is -0.385. The lowest BCUT2D eigenvalue weighted by Crippen LogP contribution is -1.99. The summed E-state index contributed by atoms with van der Waals surface area (Å²) in [7, 11) is 0. The quantitative estimate of drug-likeness (QED) is 0.437. The average molecular weight is 221 g/mol. The van der Waals surface area contributed by atoms with E-state index in [1.54, 1.807) is 29.7 Å². The topological polar surface area (TPSA) is 67.9 Å². The van der Waals surface area contributed by atoms with E-state index < -0.39 is 4.92 Å². The molecule has 0 radical (unpaired) electrons. The van der Waals surface area contributed by atoms with E-state index in [4.69, 9.17) is 0 Å². The highest BCUT2D eigenvalue weighted by atomic mass is 32.2. The monoisotopic (exact) mass is 221 g/mol. The minimum atomic E-state index is -0.402. The van der Waals surface area contributed by atoms with Crippen molar-refractivity contribution in [1.82, 2.24) is 0 Å². The zero-order valence-corrected chi connectivity index (χ0v) is 8.42. The number of hydrogen-bond donors (Lipinski definition) is 0. The average Bonchev–Trinajstić information content (AvgIpc) is 2.30. The molecule has 0 N–H and O–H groups in total. The third kappa shape index (κ3) is 2.04. The molecule has 6 heteroatoms. The molecule has 1 aromatic rings. The Balaban J connectivity index is 2.42. The summed E-state index contributed by atoms with van der Waals surface area (Å²) in [5.41, 5.74) is 0.654. The molecule has 76 valence electrons. The summed E-state index contributed by atoms with van der Waals surface area (Å²) in [6, 6.07) is 6.23. The zero-order chi connectivity index (χ0) is 10.7. The van der Waals surface area contributed by atoms with Crippen LogP contribution in [0.2, 0.25) is 0 Å². The van der Waals surface area contributed by atoms with Gasteiger partial charge in [0, 0.05) is 18.0 Å². The van der Waals surface area contributed by atoms with Gasteiger partial charge in [0.15, 0.2) is 0 Å². The van der Waals surface area contributed by atoms with E-state index in [0.29, 0.717) is 5.56 Å². The molecule has 1 aromatic carbocycles. The summed E-state index contributed by atoms with van der Waals surface area (Å²) in [6.07, 6.45) is 1.79. The van der Waals surface area contributed by atoms with Gasteiger partial charge >= 0.3 is 0 Å². The summed E-state index contributed by atoms with van der Waals surface area (Å²) < 4.78 is 3.77. The Kier molecular flexibility index (Phi) is 2.77. The van der Waals surface area contributed by atoms with Crippen LogP contribution in [0.15, 0.2) is 45.4 Å². The van der Waals surface area contributed by atoms with Crippen LogP contribution in [0, 0.1) is 10.1 Å². The second-order valence-corrected chi connectivity index (χ2v) is 3.54. The molecule has 1 heterocycles. The lowest BCUT2D eigenvalue weighted by atomic mass is 10.1. The zero-order valence-electron chi connectivity index (χ0n) is 7.61. The molecular weight excluding hydrogens is 214 g/mol. The SMILES string of the molecule is O=[N+]([O-])c1ccccc1C1C=CSN=N1. The van der Waals surface area contributed by atoms with Gasteiger partial charge in [-0.15, -0.1) is 4.52 Å². The van der Waals surface area contributed by atoms with Gasteiger partial charge < -0.3 is 0 Å². The summed E-state index contributed by atoms with van der Waals surface area (Å²) in [6.45, 7) is 0. The molecule has 0 amide bonds. The van der Waals surface area contributed by atoms with Crippen LogP contribution in [0.25, 0.3) is 0 Å². The standard InChI is InChI=1S/C9H7N3O2S/c13-12(14)9-4-2-1-3-7(9)8-5-6-15-11-10-8/h1-6,8H. The van der Waals surface area contributed by atoms with E-state index in [0.717, 1.165) is 0 Å². The number of nitro groups is 1. The number of hydrogen-bond acceptors (Lipinski definition) is 5. The van der Waals surface area contributed by atoms with Gasteiger partial charge in [-0.3, -0.25) is 10.1 Å². The van der Waals surface area contributed by atoms with Crippen LogP contribution in [0.5, 0.6) is 0 Å². The summed E-state index contributed by atoms with van der Waals surface area (Å²) in [5, 5.41) is 16.5. The van der Waals surface area contributed by atoms with E-state index in [1.165, 1.54) is 18.0 Å². The Morgan fingerprint density at radius 2 is 2.20 bits per heavy atom. The van der Waals surface area contributed by atoms with Gasteiger partial charge in [-0.2, -0.15) is 5.11 Å². The Bertz CT molecular complexity index is 433. The van der Waals surface area contributed by atoms with Crippen LogP contribution in [0.3, 0.4) is 0 Å². The van der Waals surface area contributed by atoms with Crippen LogP contribution < -0.4 is 0 Å². The normalized spacial score (nSPS) is 19.1. The molecule has 0 saturated carbocycles. The predicted octanol–water partition coefficient (Wildman–Crippen LogP) is 3.26. The van der Waals surface area contributed by atoms with Crippen molar-refractivity contribution in [3.05, 3.63) is 51.4 Å². The first-order chi connectivity index (χ1) is 7.29. The molecule has 5 nitrogen and oxygen atoms in total. The molecular formula is C9H7N3O2S. The minimum Gasteiger partial charge on any atom is -0.258 e. The molecule has 0 bridgehead atoms. The van der Waals surface area contributed by atoms with Crippen molar-refractivity contribution in [2.45, 2.75) is 6.04 Å². The molecule has 1 aliphatic rings. The van der Waals surface area contributed by atoms with E-state index >= 15 is 0 Å². The summed E-state index contributed by atoms with van der Waals surface area (Å²) >= 11 is 1.22. The van der Waals surface area contributed by atoms with Crippen LogP contribution in [-0.4, -0.2) is 4.92 Å². The third-order valence-corrected chi connectivity index (χ3v) is 2.46. The number of nitro benzene ring substituents is 1. The van der Waals surface area contributed by atoms with Crippen molar-refractivity contribution in [3.63, 3.8) is 0 Å². The third-order valence-electron chi connectivity index (χ3n) is 1.99. The smallest absolute Gasteiger partial charge is 0.258 e. The van der Waals surface area contributed by atoms with Gasteiger partial charge in [0.1, 0.15) is 6.04 Å². The van der Waals surface area contributed by atoms with Crippen molar-refractivity contribution in [3.8, 4) is 0 Å². The van der Waals surface area contributed by atoms with Crippen LogP contribution in [0.1, 0.15) is 11.6 Å². The molecule has 2 rings (SSSR count). The summed E-state index contributed by atoms with van der Waals surface area (Å²) in [5.74, 6) is 0. The number of benzene rings is 1. The number of nitrogens with zero attached hydrogens (tertiary/aromatic N) is 3. The second kappa shape index (κ2) is 4.22. The highest BCUT2D eigenvalue weighted by Crippen LogP contribution is 2.32. The largest absolute Gasteiger partial charge is 0.275 e. The molecule has 1 aliphatic heterocycles. The maximum absolute atomic E-state index is 10.8. The van der Waals surface area contributed by atoms with Gasteiger partial charge in [0.2, 0.25) is 0 Å². The van der Waals surface area contributed by atoms with Crippen molar-refractivity contribution in [2.24, 2.45) is 9.63 Å². The van der Waals surface area contributed by atoms with Gasteiger partial charge in [0.25, 0.3) is 5.69 Å². The molecule has 0 saturated heterocycles. The van der Waals surface area contributed by atoms with Gasteiger partial charge in [-0.1, -0.05) is 12.1 Å². The highest BCUT2D eigenvalue weighted by molar-refractivity contribution is 8.00. The fraction of sp³-hybridized carbons (Fsp3) is 0.111.